The van der Waals surface area contributed by atoms with E-state index >= 15 is 0 Å². The number of carbonyl (C=O) groups excluding carboxylic acids is 1. The van der Waals surface area contributed by atoms with Crippen molar-refractivity contribution in [1.29, 1.82) is 0 Å². The lowest BCUT2D eigenvalue weighted by Crippen LogP contribution is -2.49. The Morgan fingerprint density at radius 1 is 1.13 bits per heavy atom. The summed E-state index contributed by atoms with van der Waals surface area (Å²) in [5.41, 5.74) is 1.85. The summed E-state index contributed by atoms with van der Waals surface area (Å²) in [7, 11) is 3.59. The molecule has 1 amide bonds. The molecule has 2 saturated heterocycles. The zero-order valence-electron chi connectivity index (χ0n) is 22.1. The van der Waals surface area contributed by atoms with Gasteiger partial charge in [-0.05, 0) is 36.4 Å². The summed E-state index contributed by atoms with van der Waals surface area (Å²) < 4.78 is 20.7. The molecule has 2 fully saturated rings. The average molecular weight is 575 g/mol. The molecule has 1 aromatic heterocycles. The number of likely N-dealkylation sites (N-methyl/N-ethyl adjacent to an activating group) is 1. The van der Waals surface area contributed by atoms with Crippen LogP contribution in [0.2, 0.25) is 10.0 Å². The van der Waals surface area contributed by atoms with Crippen LogP contribution >= 0.6 is 23.2 Å². The van der Waals surface area contributed by atoms with E-state index in [1.807, 2.05) is 29.0 Å². The molecule has 11 heteroatoms. The summed E-state index contributed by atoms with van der Waals surface area (Å²) in [4.78, 5) is 22.3. The van der Waals surface area contributed by atoms with E-state index in [4.69, 9.17) is 37.4 Å². The lowest BCUT2D eigenvalue weighted by molar-refractivity contribution is -0.189. The number of benzene rings is 2. The van der Waals surface area contributed by atoms with Gasteiger partial charge in [-0.15, -0.1) is 0 Å². The van der Waals surface area contributed by atoms with Gasteiger partial charge in [0, 0.05) is 68.9 Å². The molecule has 9 nitrogen and oxygen atoms in total. The standard InChI is InChI=1S/C28H33Cl2N5O4/c1-32(2)27(36)16-33-11-13-35(14-12-33)22-4-6-23(7-5-22)37-17-24-18-38-28(39-24,19-34-10-9-31-20-34)25-8-3-21(29)15-26(25)30/h3-10,15,20,24H,11-14,16-19H2,1-2H3/t24-,28-/m1/s1. The van der Waals surface area contributed by atoms with Crippen molar-refractivity contribution in [2.45, 2.75) is 18.4 Å². The van der Waals surface area contributed by atoms with E-state index in [2.05, 4.69) is 26.9 Å². The maximum Gasteiger partial charge on any atom is 0.236 e. The molecule has 0 N–H and O–H groups in total. The Morgan fingerprint density at radius 2 is 1.90 bits per heavy atom. The number of imidazole rings is 1. The largest absolute Gasteiger partial charge is 0.491 e. The highest BCUT2D eigenvalue weighted by atomic mass is 35.5. The van der Waals surface area contributed by atoms with Crippen LogP contribution in [-0.2, 0) is 26.6 Å². The second-order valence-corrected chi connectivity index (χ2v) is 10.9. The molecule has 208 valence electrons. The van der Waals surface area contributed by atoms with E-state index in [1.54, 1.807) is 43.7 Å². The van der Waals surface area contributed by atoms with Crippen LogP contribution in [0.5, 0.6) is 5.75 Å². The highest BCUT2D eigenvalue weighted by molar-refractivity contribution is 6.35. The van der Waals surface area contributed by atoms with E-state index < -0.39 is 5.79 Å². The van der Waals surface area contributed by atoms with E-state index in [-0.39, 0.29) is 12.0 Å². The number of aromatic nitrogens is 2. The summed E-state index contributed by atoms with van der Waals surface area (Å²) in [5, 5.41) is 1.02. The smallest absolute Gasteiger partial charge is 0.236 e. The predicted molar refractivity (Wildman–Crippen MR) is 150 cm³/mol. The summed E-state index contributed by atoms with van der Waals surface area (Å²) in [5.74, 6) is -0.189. The van der Waals surface area contributed by atoms with Crippen molar-refractivity contribution in [3.05, 3.63) is 76.8 Å². The molecule has 39 heavy (non-hydrogen) atoms. The molecule has 2 atom stereocenters. The molecule has 0 radical (unpaired) electrons. The average Bonchev–Trinajstić information content (AvgIpc) is 3.59. The van der Waals surface area contributed by atoms with Crippen molar-refractivity contribution in [2.75, 3.05) is 64.9 Å². The number of halogens is 2. The fourth-order valence-corrected chi connectivity index (χ4v) is 5.37. The second kappa shape index (κ2) is 12.1. The first-order valence-corrected chi connectivity index (χ1v) is 13.7. The Bertz CT molecular complexity index is 1250. The highest BCUT2D eigenvalue weighted by Gasteiger charge is 2.45. The van der Waals surface area contributed by atoms with Crippen LogP contribution in [0.25, 0.3) is 0 Å². The number of nitrogens with zero attached hydrogens (tertiary/aromatic N) is 5. The van der Waals surface area contributed by atoms with Crippen molar-refractivity contribution in [3.63, 3.8) is 0 Å². The number of anilines is 1. The molecule has 0 aliphatic carbocycles. The quantitative estimate of drug-likeness (QED) is 0.386. The van der Waals surface area contributed by atoms with Crippen LogP contribution < -0.4 is 9.64 Å². The van der Waals surface area contributed by atoms with E-state index in [1.165, 1.54) is 0 Å². The number of piperazine rings is 1. The van der Waals surface area contributed by atoms with Crippen LogP contribution in [0.15, 0.2) is 61.2 Å². The van der Waals surface area contributed by atoms with Crippen molar-refractivity contribution in [1.82, 2.24) is 19.4 Å². The van der Waals surface area contributed by atoms with Gasteiger partial charge in [0.2, 0.25) is 11.7 Å². The first-order chi connectivity index (χ1) is 18.8. The highest BCUT2D eigenvalue weighted by Crippen LogP contribution is 2.40. The zero-order valence-corrected chi connectivity index (χ0v) is 23.6. The third kappa shape index (κ3) is 6.67. The number of hydrogen-bond acceptors (Lipinski definition) is 7. The van der Waals surface area contributed by atoms with Gasteiger partial charge in [-0.3, -0.25) is 9.69 Å². The monoisotopic (exact) mass is 573 g/mol. The molecule has 2 aromatic carbocycles. The Morgan fingerprint density at radius 3 is 2.56 bits per heavy atom. The van der Waals surface area contributed by atoms with Crippen molar-refractivity contribution in [3.8, 4) is 5.75 Å². The third-order valence-corrected chi connectivity index (χ3v) is 7.57. The number of carbonyl (C=O) groups is 1. The number of amides is 1. The van der Waals surface area contributed by atoms with Crippen LogP contribution in [-0.4, -0.2) is 91.4 Å². The van der Waals surface area contributed by atoms with Gasteiger partial charge in [-0.1, -0.05) is 29.3 Å². The van der Waals surface area contributed by atoms with Crippen LogP contribution in [0.4, 0.5) is 5.69 Å². The Kier molecular flexibility index (Phi) is 8.64. The molecule has 0 spiro atoms. The third-order valence-electron chi connectivity index (χ3n) is 7.02. The van der Waals surface area contributed by atoms with Crippen LogP contribution in [0.1, 0.15) is 5.56 Å². The van der Waals surface area contributed by atoms with Crippen LogP contribution in [0, 0.1) is 0 Å². The van der Waals surface area contributed by atoms with Gasteiger partial charge in [0.1, 0.15) is 18.5 Å². The molecule has 5 rings (SSSR count). The van der Waals surface area contributed by atoms with Gasteiger partial charge in [0.15, 0.2) is 0 Å². The molecular formula is C28H33Cl2N5O4. The summed E-state index contributed by atoms with van der Waals surface area (Å²) in [6.45, 7) is 5.00. The predicted octanol–water partition coefficient (Wildman–Crippen LogP) is 3.75. The number of hydrogen-bond donors (Lipinski definition) is 0. The maximum absolute atomic E-state index is 12.0. The minimum Gasteiger partial charge on any atom is -0.491 e. The summed E-state index contributed by atoms with van der Waals surface area (Å²) in [6.07, 6.45) is 4.99. The van der Waals surface area contributed by atoms with Gasteiger partial charge in [0.25, 0.3) is 0 Å². The Hall–Kier alpha value is -2.82. The first kappa shape index (κ1) is 27.7. The molecule has 2 aliphatic rings. The number of ether oxygens (including phenoxy) is 3. The van der Waals surface area contributed by atoms with E-state index in [0.29, 0.717) is 41.9 Å². The molecule has 2 aliphatic heterocycles. The van der Waals surface area contributed by atoms with Gasteiger partial charge in [0.05, 0.1) is 31.0 Å². The maximum atomic E-state index is 12.0. The summed E-state index contributed by atoms with van der Waals surface area (Å²) >= 11 is 12.7. The van der Waals surface area contributed by atoms with Gasteiger partial charge in [-0.2, -0.15) is 0 Å². The van der Waals surface area contributed by atoms with E-state index in [0.717, 1.165) is 37.6 Å². The van der Waals surface area contributed by atoms with Crippen molar-refractivity contribution < 1.29 is 19.0 Å². The fourth-order valence-electron chi connectivity index (χ4n) is 4.81. The first-order valence-electron chi connectivity index (χ1n) is 12.9. The normalized spacial score (nSPS) is 21.7. The molecule has 0 saturated carbocycles. The van der Waals surface area contributed by atoms with Gasteiger partial charge in [-0.25, -0.2) is 4.98 Å². The zero-order chi connectivity index (χ0) is 27.4. The fraction of sp³-hybridized carbons (Fsp3) is 0.429. The molecule has 3 heterocycles. The summed E-state index contributed by atoms with van der Waals surface area (Å²) in [6, 6.07) is 13.4. The molecule has 3 aromatic rings. The lowest BCUT2D eigenvalue weighted by atomic mass is 10.1. The van der Waals surface area contributed by atoms with Crippen molar-refractivity contribution in [2.24, 2.45) is 0 Å². The Balaban J connectivity index is 1.17. The topological polar surface area (TPSA) is 72.3 Å². The van der Waals surface area contributed by atoms with E-state index in [9.17, 15) is 4.79 Å². The minimum atomic E-state index is -1.08. The molecule has 0 bridgehead atoms. The second-order valence-electron chi connectivity index (χ2n) is 10.0. The van der Waals surface area contributed by atoms with Gasteiger partial charge >= 0.3 is 0 Å². The molecule has 0 unspecified atom stereocenters. The number of rotatable bonds is 9. The SMILES string of the molecule is CN(C)C(=O)CN1CCN(c2ccc(OC[C@@H]3CO[C@@](Cn4ccnc4)(c4ccc(Cl)cc4Cl)O3)cc2)CC1. The lowest BCUT2D eigenvalue weighted by Gasteiger charge is -2.36. The van der Waals surface area contributed by atoms with Gasteiger partial charge < -0.3 is 28.6 Å². The molecular weight excluding hydrogens is 541 g/mol. The minimum absolute atomic E-state index is 0.136. The Labute approximate surface area is 238 Å². The van der Waals surface area contributed by atoms with Crippen LogP contribution in [0.3, 0.4) is 0 Å². The van der Waals surface area contributed by atoms with Crippen molar-refractivity contribution >= 4 is 34.8 Å².